The first kappa shape index (κ1) is 12.4. The van der Waals surface area contributed by atoms with Gasteiger partial charge in [0.05, 0.1) is 0 Å². The van der Waals surface area contributed by atoms with Gasteiger partial charge in [0.25, 0.3) is 0 Å². The van der Waals surface area contributed by atoms with E-state index in [9.17, 15) is 0 Å². The summed E-state index contributed by atoms with van der Waals surface area (Å²) in [4.78, 5) is 1.61. The number of hydrogen-bond donors (Lipinski definition) is 1. The molecule has 1 aromatic heterocycles. The molecule has 0 amide bonds. The molecule has 19 heavy (non-hydrogen) atoms. The predicted octanol–water partition coefficient (Wildman–Crippen LogP) is 4.18. The first-order valence-corrected chi connectivity index (χ1v) is 8.92. The van der Waals surface area contributed by atoms with Gasteiger partial charge in [0, 0.05) is 16.3 Å². The van der Waals surface area contributed by atoms with E-state index >= 15 is 0 Å². The maximum absolute atomic E-state index is 6.73. The Balaban J connectivity index is 1.83. The molecule has 4 bridgehead atoms. The molecule has 104 valence electrons. The summed E-state index contributed by atoms with van der Waals surface area (Å²) in [6, 6.07) is 4.97. The van der Waals surface area contributed by atoms with Crippen LogP contribution in [0.5, 0.6) is 0 Å². The van der Waals surface area contributed by atoms with Crippen molar-refractivity contribution in [2.45, 2.75) is 56.9 Å². The molecule has 4 aliphatic rings. The minimum absolute atomic E-state index is 0.330. The van der Waals surface area contributed by atoms with Crippen LogP contribution in [-0.4, -0.2) is 6.04 Å². The monoisotopic (exact) mass is 275 g/mol. The van der Waals surface area contributed by atoms with Gasteiger partial charge in [0.1, 0.15) is 0 Å². The Morgan fingerprint density at radius 3 is 2.32 bits per heavy atom. The molecule has 0 spiro atoms. The standard InChI is InChI=1S/C17H25NS/c1-2-15(18)17(16-4-3-5-19-16)13-7-11-6-12(9-13)10-14(17)8-11/h3-5,11-15H,2,6-10,18H2,1H3. The molecule has 4 fully saturated rings. The first-order valence-electron chi connectivity index (χ1n) is 8.04. The van der Waals surface area contributed by atoms with Gasteiger partial charge >= 0.3 is 0 Å². The van der Waals surface area contributed by atoms with E-state index in [0.29, 0.717) is 11.5 Å². The molecular weight excluding hydrogens is 250 g/mol. The van der Waals surface area contributed by atoms with Crippen molar-refractivity contribution in [3.8, 4) is 0 Å². The molecule has 1 heterocycles. The minimum Gasteiger partial charge on any atom is -0.327 e. The van der Waals surface area contributed by atoms with E-state index in [1.54, 1.807) is 4.88 Å². The first-order chi connectivity index (χ1) is 9.25. The zero-order chi connectivity index (χ0) is 13.0. The molecule has 2 N–H and O–H groups in total. The van der Waals surface area contributed by atoms with Crippen LogP contribution in [0.25, 0.3) is 0 Å². The molecule has 4 saturated carbocycles. The van der Waals surface area contributed by atoms with Crippen LogP contribution in [0.3, 0.4) is 0 Å². The molecule has 1 aromatic rings. The second-order valence-electron chi connectivity index (χ2n) is 7.23. The lowest BCUT2D eigenvalue weighted by atomic mass is 9.43. The van der Waals surface area contributed by atoms with Crippen molar-refractivity contribution in [3.63, 3.8) is 0 Å². The third kappa shape index (κ3) is 1.56. The largest absolute Gasteiger partial charge is 0.327 e. The van der Waals surface area contributed by atoms with Gasteiger partial charge in [0.2, 0.25) is 0 Å². The molecule has 5 rings (SSSR count). The van der Waals surface area contributed by atoms with Crippen molar-refractivity contribution < 1.29 is 0 Å². The van der Waals surface area contributed by atoms with Crippen LogP contribution < -0.4 is 5.73 Å². The van der Waals surface area contributed by atoms with Crippen LogP contribution in [0.15, 0.2) is 17.5 Å². The number of hydrogen-bond acceptors (Lipinski definition) is 2. The van der Waals surface area contributed by atoms with E-state index < -0.39 is 0 Å². The average Bonchev–Trinajstić information content (AvgIpc) is 2.92. The second kappa shape index (κ2) is 4.33. The van der Waals surface area contributed by atoms with E-state index in [4.69, 9.17) is 5.73 Å². The van der Waals surface area contributed by atoms with Crippen LogP contribution >= 0.6 is 11.3 Å². The highest BCUT2D eigenvalue weighted by Crippen LogP contribution is 2.64. The summed E-state index contributed by atoms with van der Waals surface area (Å²) < 4.78 is 0. The smallest absolute Gasteiger partial charge is 0.0255 e. The van der Waals surface area contributed by atoms with E-state index in [2.05, 4.69) is 24.4 Å². The van der Waals surface area contributed by atoms with Gasteiger partial charge in [-0.3, -0.25) is 0 Å². The molecule has 0 saturated heterocycles. The lowest BCUT2D eigenvalue weighted by Crippen LogP contribution is -2.62. The van der Waals surface area contributed by atoms with Gasteiger partial charge in [-0.2, -0.15) is 0 Å². The fraction of sp³-hybridized carbons (Fsp3) is 0.765. The quantitative estimate of drug-likeness (QED) is 0.880. The number of nitrogens with two attached hydrogens (primary N) is 1. The topological polar surface area (TPSA) is 26.0 Å². The summed E-state index contributed by atoms with van der Waals surface area (Å²) in [6.07, 6.45) is 8.48. The molecular formula is C17H25NS. The Morgan fingerprint density at radius 2 is 1.84 bits per heavy atom. The summed E-state index contributed by atoms with van der Waals surface area (Å²) in [5.74, 6) is 3.80. The summed E-state index contributed by atoms with van der Waals surface area (Å²) in [5.41, 5.74) is 7.06. The number of thiophene rings is 1. The van der Waals surface area contributed by atoms with E-state index in [1.807, 2.05) is 11.3 Å². The second-order valence-corrected chi connectivity index (χ2v) is 8.18. The molecule has 1 atom stereocenters. The van der Waals surface area contributed by atoms with Crippen LogP contribution in [0.1, 0.15) is 50.3 Å². The van der Waals surface area contributed by atoms with Crippen molar-refractivity contribution in [2.24, 2.45) is 29.4 Å². The normalized spacial score (nSPS) is 45.6. The molecule has 0 radical (unpaired) electrons. The van der Waals surface area contributed by atoms with Gasteiger partial charge in [-0.15, -0.1) is 11.3 Å². The van der Waals surface area contributed by atoms with Crippen molar-refractivity contribution in [1.82, 2.24) is 0 Å². The summed E-state index contributed by atoms with van der Waals surface area (Å²) in [6.45, 7) is 2.28. The average molecular weight is 275 g/mol. The predicted molar refractivity (Wildman–Crippen MR) is 81.3 cm³/mol. The lowest BCUT2D eigenvalue weighted by molar-refractivity contribution is -0.0714. The van der Waals surface area contributed by atoms with Gasteiger partial charge in [0.15, 0.2) is 0 Å². The van der Waals surface area contributed by atoms with Gasteiger partial charge in [-0.1, -0.05) is 13.0 Å². The Hall–Kier alpha value is -0.340. The molecule has 0 aromatic carbocycles. The maximum atomic E-state index is 6.73. The summed E-state index contributed by atoms with van der Waals surface area (Å²) >= 11 is 1.96. The third-order valence-corrected chi connectivity index (χ3v) is 7.53. The number of rotatable bonds is 3. The molecule has 1 nitrogen and oxygen atoms in total. The minimum atomic E-state index is 0.330. The molecule has 0 aliphatic heterocycles. The molecule has 1 unspecified atom stereocenters. The van der Waals surface area contributed by atoms with Crippen LogP contribution in [0.4, 0.5) is 0 Å². The maximum Gasteiger partial charge on any atom is 0.0255 e. The van der Waals surface area contributed by atoms with Gasteiger partial charge in [-0.25, -0.2) is 0 Å². The summed E-state index contributed by atoms with van der Waals surface area (Å²) in [7, 11) is 0. The Labute approximate surface area is 120 Å². The summed E-state index contributed by atoms with van der Waals surface area (Å²) in [5, 5.41) is 2.25. The van der Waals surface area contributed by atoms with Crippen molar-refractivity contribution >= 4 is 11.3 Å². The zero-order valence-corrected chi connectivity index (χ0v) is 12.7. The third-order valence-electron chi connectivity index (χ3n) is 6.49. The highest BCUT2D eigenvalue weighted by atomic mass is 32.1. The van der Waals surface area contributed by atoms with Crippen LogP contribution in [0, 0.1) is 23.7 Å². The van der Waals surface area contributed by atoms with Crippen molar-refractivity contribution in [3.05, 3.63) is 22.4 Å². The van der Waals surface area contributed by atoms with Crippen molar-refractivity contribution in [1.29, 1.82) is 0 Å². The van der Waals surface area contributed by atoms with Crippen LogP contribution in [-0.2, 0) is 5.41 Å². The van der Waals surface area contributed by atoms with Crippen molar-refractivity contribution in [2.75, 3.05) is 0 Å². The Morgan fingerprint density at radius 1 is 1.21 bits per heavy atom. The Kier molecular flexibility index (Phi) is 2.82. The SMILES string of the molecule is CCC(N)C1(c2cccs2)C2CC3CC(C2)CC1C3. The molecule has 4 aliphatic carbocycles. The van der Waals surface area contributed by atoms with Gasteiger partial charge in [-0.05, 0) is 73.6 Å². The van der Waals surface area contributed by atoms with E-state index in [0.717, 1.165) is 30.1 Å². The fourth-order valence-corrected chi connectivity index (χ4v) is 7.17. The Bertz CT molecular complexity index is 422. The fourth-order valence-electron chi connectivity index (χ4n) is 6.02. The highest BCUT2D eigenvalue weighted by Gasteiger charge is 2.60. The van der Waals surface area contributed by atoms with Gasteiger partial charge < -0.3 is 5.73 Å². The molecule has 2 heteroatoms. The highest BCUT2D eigenvalue weighted by molar-refractivity contribution is 7.10. The van der Waals surface area contributed by atoms with E-state index in [-0.39, 0.29) is 0 Å². The lowest BCUT2D eigenvalue weighted by Gasteiger charge is -2.63. The van der Waals surface area contributed by atoms with E-state index in [1.165, 1.54) is 32.1 Å². The zero-order valence-electron chi connectivity index (χ0n) is 11.8. The van der Waals surface area contributed by atoms with Crippen LogP contribution in [0.2, 0.25) is 0 Å².